The molecule has 7 nitrogen and oxygen atoms in total. The number of carbonyl (C=O) groups excluding carboxylic acids is 2. The highest BCUT2D eigenvalue weighted by molar-refractivity contribution is 7.92. The van der Waals surface area contributed by atoms with Gasteiger partial charge in [-0.1, -0.05) is 0 Å². The molecule has 2 atom stereocenters. The molecule has 0 aromatic heterocycles. The number of carbonyl (C=O) groups is 2. The molecule has 10 heteroatoms. The zero-order valence-electron chi connectivity index (χ0n) is 9.78. The Balaban J connectivity index is 4.86. The third-order valence-corrected chi connectivity index (χ3v) is 4.78. The van der Waals surface area contributed by atoms with Gasteiger partial charge in [-0.25, -0.2) is 4.79 Å². The molecule has 0 aliphatic rings. The molecule has 0 radical (unpaired) electrons. The Morgan fingerprint density at radius 2 is 1.82 bits per heavy atom. The quantitative estimate of drug-likeness (QED) is 0.559. The molecule has 2 unspecified atom stereocenters. The van der Waals surface area contributed by atoms with Gasteiger partial charge in [0.1, 0.15) is 11.9 Å². The van der Waals surface area contributed by atoms with Crippen LogP contribution in [0, 0.1) is 0 Å². The van der Waals surface area contributed by atoms with Crippen LogP contribution in [0.1, 0.15) is 20.8 Å². The van der Waals surface area contributed by atoms with E-state index in [0.717, 1.165) is 0 Å². The van der Waals surface area contributed by atoms with Gasteiger partial charge in [0.15, 0.2) is 0 Å². The van der Waals surface area contributed by atoms with Crippen molar-refractivity contribution in [2.75, 3.05) is 6.54 Å². The second kappa shape index (κ2) is 6.05. The van der Waals surface area contributed by atoms with Gasteiger partial charge in [-0.3, -0.25) is 0 Å². The third-order valence-electron chi connectivity index (χ3n) is 1.37. The van der Waals surface area contributed by atoms with Crippen LogP contribution in [-0.4, -0.2) is 41.1 Å². The van der Waals surface area contributed by atoms with Crippen molar-refractivity contribution in [2.24, 2.45) is 0 Å². The fraction of sp³-hybridized carbons (Fsp3) is 0.714. The normalized spacial score (nSPS) is 12.4. The topological polar surface area (TPSA) is 84.0 Å². The lowest BCUT2D eigenvalue weighted by atomic mass is 10.2. The Morgan fingerprint density at radius 1 is 1.35 bits per heavy atom. The minimum atomic E-state index is -4.09. The number of nitrogens with zero attached hydrogens (tertiary/aromatic N) is 2. The molecule has 0 N–H and O–H groups in total. The first kappa shape index (κ1) is 16.7. The van der Waals surface area contributed by atoms with Gasteiger partial charge in [-0.2, -0.15) is 16.6 Å². The Morgan fingerprint density at radius 3 is 2.18 bits per heavy atom. The Kier molecular flexibility index (Phi) is 5.94. The zero-order chi connectivity index (χ0) is 13.9. The maximum atomic E-state index is 11.7. The van der Waals surface area contributed by atoms with E-state index in [0.29, 0.717) is 14.4 Å². The van der Waals surface area contributed by atoms with E-state index in [1.807, 2.05) is 9.39 Å². The zero-order valence-corrected chi connectivity index (χ0v) is 12.9. The van der Waals surface area contributed by atoms with Crippen molar-refractivity contribution in [3.8, 4) is 0 Å². The van der Waals surface area contributed by atoms with Crippen LogP contribution in [0.25, 0.3) is 0 Å². The van der Waals surface area contributed by atoms with Crippen LogP contribution < -0.4 is 0 Å². The first-order chi connectivity index (χ1) is 7.52. The number of hydrogen-bond acceptors (Lipinski definition) is 5. The molecule has 0 fully saturated rings. The van der Waals surface area contributed by atoms with Gasteiger partial charge in [-0.05, 0) is 39.6 Å². The standard InChI is InChI=1S/C7H16N2O5P2S/c1-7(2,3)14-6(11)9(16)17(12,13)8(15)4-5-10/h5H,4,15-16H2,1-3H3. The largest absolute Gasteiger partial charge is 0.443 e. The Labute approximate surface area is 106 Å². The predicted molar refractivity (Wildman–Crippen MR) is 69.2 cm³/mol. The van der Waals surface area contributed by atoms with Crippen molar-refractivity contribution in [3.05, 3.63) is 0 Å². The van der Waals surface area contributed by atoms with Crippen LogP contribution in [0.4, 0.5) is 4.79 Å². The smallest absolute Gasteiger partial charge is 0.428 e. The van der Waals surface area contributed by atoms with Gasteiger partial charge in [0.25, 0.3) is 0 Å². The van der Waals surface area contributed by atoms with Crippen molar-refractivity contribution >= 4 is 41.4 Å². The molecule has 0 aliphatic heterocycles. The number of hydrogen-bond donors (Lipinski definition) is 0. The average molecular weight is 302 g/mol. The molecule has 0 aromatic rings. The van der Waals surface area contributed by atoms with Gasteiger partial charge in [0.05, 0.1) is 6.54 Å². The van der Waals surface area contributed by atoms with Crippen molar-refractivity contribution < 1.29 is 22.7 Å². The molecule has 0 spiro atoms. The Bertz CT molecular complexity index is 392. The maximum absolute atomic E-state index is 11.7. The first-order valence-electron chi connectivity index (χ1n) is 4.51. The van der Waals surface area contributed by atoms with Crippen LogP contribution in [-0.2, 0) is 19.7 Å². The number of amides is 1. The van der Waals surface area contributed by atoms with Gasteiger partial charge < -0.3 is 9.53 Å². The SMILES string of the molecule is CC(C)(C)OC(=O)N(P)S(=O)(=O)N(P)CC=O. The van der Waals surface area contributed by atoms with Crippen LogP contribution in [0.5, 0.6) is 0 Å². The summed E-state index contributed by atoms with van der Waals surface area (Å²) in [6, 6.07) is 0. The maximum Gasteiger partial charge on any atom is 0.428 e. The fourth-order valence-electron chi connectivity index (χ4n) is 0.682. The molecule has 0 saturated heterocycles. The van der Waals surface area contributed by atoms with Crippen LogP contribution >= 0.6 is 18.8 Å². The van der Waals surface area contributed by atoms with E-state index >= 15 is 0 Å². The first-order valence-corrected chi connectivity index (χ1v) is 6.94. The molecule has 100 valence electrons. The Hall–Kier alpha value is -0.290. The highest BCUT2D eigenvalue weighted by atomic mass is 32.2. The van der Waals surface area contributed by atoms with Crippen molar-refractivity contribution in [1.82, 2.24) is 8.15 Å². The lowest BCUT2D eigenvalue weighted by molar-refractivity contribution is -0.107. The molecule has 0 aromatic carbocycles. The molecule has 17 heavy (non-hydrogen) atoms. The van der Waals surface area contributed by atoms with E-state index in [1.165, 1.54) is 0 Å². The van der Waals surface area contributed by atoms with Crippen molar-refractivity contribution in [1.29, 1.82) is 0 Å². The summed E-state index contributed by atoms with van der Waals surface area (Å²) >= 11 is 0. The summed E-state index contributed by atoms with van der Waals surface area (Å²) in [6.45, 7) is 4.46. The summed E-state index contributed by atoms with van der Waals surface area (Å²) in [7, 11) is -0.506. The van der Waals surface area contributed by atoms with Gasteiger partial charge in [0.2, 0.25) is 0 Å². The van der Waals surface area contributed by atoms with E-state index in [1.54, 1.807) is 30.2 Å². The second-order valence-electron chi connectivity index (χ2n) is 4.02. The van der Waals surface area contributed by atoms with Crippen LogP contribution in [0.3, 0.4) is 0 Å². The van der Waals surface area contributed by atoms with Crippen LogP contribution in [0.15, 0.2) is 0 Å². The lowest BCUT2D eigenvalue weighted by Gasteiger charge is -2.26. The summed E-state index contributed by atoms with van der Waals surface area (Å²) < 4.78 is 29.3. The van der Waals surface area contributed by atoms with Crippen LogP contribution in [0.2, 0.25) is 0 Å². The third kappa shape index (κ3) is 5.25. The van der Waals surface area contributed by atoms with Gasteiger partial charge >= 0.3 is 16.3 Å². The lowest BCUT2D eigenvalue weighted by Crippen LogP contribution is -2.40. The van der Waals surface area contributed by atoms with Crippen molar-refractivity contribution in [3.63, 3.8) is 0 Å². The highest BCUT2D eigenvalue weighted by Gasteiger charge is 2.31. The summed E-state index contributed by atoms with van der Waals surface area (Å²) in [5.74, 6) is 0. The fourth-order valence-corrected chi connectivity index (χ4v) is 2.52. The highest BCUT2D eigenvalue weighted by Crippen LogP contribution is 2.20. The van der Waals surface area contributed by atoms with Gasteiger partial charge in [-0.15, -0.1) is 0 Å². The van der Waals surface area contributed by atoms with Gasteiger partial charge in [0, 0.05) is 0 Å². The summed E-state index contributed by atoms with van der Waals surface area (Å²) in [4.78, 5) is 21.7. The number of aldehydes is 1. The second-order valence-corrected chi connectivity index (χ2v) is 7.67. The summed E-state index contributed by atoms with van der Waals surface area (Å²) in [5.41, 5.74) is -0.808. The van der Waals surface area contributed by atoms with E-state index in [9.17, 15) is 18.0 Å². The molecule has 0 rings (SSSR count). The molecule has 0 bridgehead atoms. The number of rotatable bonds is 4. The minimum Gasteiger partial charge on any atom is -0.443 e. The predicted octanol–water partition coefficient (Wildman–Crippen LogP) is 0.549. The minimum absolute atomic E-state index is 0.356. The average Bonchev–Trinajstić information content (AvgIpc) is 2.14. The number of ether oxygens (including phenoxy) is 1. The summed E-state index contributed by atoms with van der Waals surface area (Å²) in [5, 5.41) is 0. The van der Waals surface area contributed by atoms with E-state index in [2.05, 4.69) is 0 Å². The summed E-state index contributed by atoms with van der Waals surface area (Å²) in [6.07, 6.45) is -0.640. The van der Waals surface area contributed by atoms with E-state index in [4.69, 9.17) is 4.74 Å². The molecule has 0 saturated carbocycles. The monoisotopic (exact) mass is 302 g/mol. The van der Waals surface area contributed by atoms with Crippen molar-refractivity contribution in [2.45, 2.75) is 26.4 Å². The molecular formula is C7H16N2O5P2S. The molecule has 1 amide bonds. The van der Waals surface area contributed by atoms with E-state index < -0.39 is 21.9 Å². The molecule has 0 aliphatic carbocycles. The molecular weight excluding hydrogens is 286 g/mol. The van der Waals surface area contributed by atoms with E-state index in [-0.39, 0.29) is 6.54 Å². The molecule has 0 heterocycles.